The second-order valence-corrected chi connectivity index (χ2v) is 4.89. The summed E-state index contributed by atoms with van der Waals surface area (Å²) in [5.41, 5.74) is 5.09. The minimum atomic E-state index is -2.72. The maximum Gasteiger partial charge on any atom is 0.267 e. The molecule has 0 bridgehead atoms. The number of aromatic amines is 1. The first kappa shape index (κ1) is 14.3. The van der Waals surface area contributed by atoms with Crippen molar-refractivity contribution in [3.8, 4) is 5.82 Å². The van der Waals surface area contributed by atoms with Crippen molar-refractivity contribution in [2.75, 3.05) is 0 Å². The summed E-state index contributed by atoms with van der Waals surface area (Å²) in [5.74, 6) is 0.573. The third-order valence-corrected chi connectivity index (χ3v) is 3.33. The summed E-state index contributed by atoms with van der Waals surface area (Å²) < 4.78 is 27.5. The predicted molar refractivity (Wildman–Crippen MR) is 77.0 cm³/mol. The van der Waals surface area contributed by atoms with Gasteiger partial charge in [0.2, 0.25) is 0 Å². The van der Waals surface area contributed by atoms with Gasteiger partial charge >= 0.3 is 0 Å². The number of nitrogens with zero attached hydrogens (tertiary/aromatic N) is 3. The SMILES string of the molecule is CC(N)c1nc2c(C(F)F)cccc2c(=O)n1-c1ccn[nH]1. The largest absolute Gasteiger partial charge is 0.322 e. The lowest BCUT2D eigenvalue weighted by atomic mass is 10.1. The molecule has 0 aliphatic carbocycles. The molecule has 0 saturated heterocycles. The molecular formula is C14H13F2N5O. The Morgan fingerprint density at radius 3 is 2.68 bits per heavy atom. The fourth-order valence-electron chi connectivity index (χ4n) is 2.34. The molecule has 8 heteroatoms. The predicted octanol–water partition coefficient (Wildman–Crippen LogP) is 2.07. The van der Waals surface area contributed by atoms with Crippen molar-refractivity contribution in [3.63, 3.8) is 0 Å². The number of hydrogen-bond donors (Lipinski definition) is 2. The molecule has 0 spiro atoms. The quantitative estimate of drug-likeness (QED) is 0.775. The van der Waals surface area contributed by atoms with E-state index in [1.807, 2.05) is 0 Å². The molecule has 0 radical (unpaired) electrons. The standard InChI is InChI=1S/C14H13F2N5O/c1-7(17)13-19-11-8(12(15)16)3-2-4-9(11)14(22)21(13)10-5-6-18-20-10/h2-7,12H,17H2,1H3,(H,18,20). The van der Waals surface area contributed by atoms with Crippen LogP contribution in [0.25, 0.3) is 16.7 Å². The number of alkyl halides is 2. The van der Waals surface area contributed by atoms with Gasteiger partial charge in [-0.3, -0.25) is 9.89 Å². The zero-order valence-corrected chi connectivity index (χ0v) is 11.6. The van der Waals surface area contributed by atoms with E-state index in [1.54, 1.807) is 13.0 Å². The number of halogens is 2. The number of para-hydroxylation sites is 1. The second-order valence-electron chi connectivity index (χ2n) is 4.89. The molecule has 3 N–H and O–H groups in total. The van der Waals surface area contributed by atoms with Crippen LogP contribution in [0.15, 0.2) is 35.3 Å². The van der Waals surface area contributed by atoms with Gasteiger partial charge in [0.15, 0.2) is 0 Å². The third kappa shape index (κ3) is 2.17. The average Bonchev–Trinajstić information content (AvgIpc) is 3.00. The van der Waals surface area contributed by atoms with Crippen LogP contribution < -0.4 is 11.3 Å². The summed E-state index contributed by atoms with van der Waals surface area (Å²) in [6.07, 6.45) is -1.24. The van der Waals surface area contributed by atoms with Gasteiger partial charge in [0.05, 0.1) is 23.1 Å². The Hall–Kier alpha value is -2.61. The van der Waals surface area contributed by atoms with Crippen LogP contribution in [0.4, 0.5) is 8.78 Å². The fourth-order valence-corrected chi connectivity index (χ4v) is 2.34. The summed E-state index contributed by atoms with van der Waals surface area (Å²) in [4.78, 5) is 16.9. The van der Waals surface area contributed by atoms with E-state index < -0.39 is 18.0 Å². The highest BCUT2D eigenvalue weighted by atomic mass is 19.3. The van der Waals surface area contributed by atoms with Crippen LogP contribution >= 0.6 is 0 Å². The molecule has 2 heterocycles. The van der Waals surface area contributed by atoms with Gasteiger partial charge in [-0.25, -0.2) is 18.3 Å². The van der Waals surface area contributed by atoms with E-state index in [4.69, 9.17) is 5.73 Å². The minimum absolute atomic E-state index is 0.0226. The number of H-pyrrole nitrogens is 1. The van der Waals surface area contributed by atoms with Crippen molar-refractivity contribution >= 4 is 10.9 Å². The topological polar surface area (TPSA) is 89.6 Å². The summed E-state index contributed by atoms with van der Waals surface area (Å²) >= 11 is 0. The van der Waals surface area contributed by atoms with Crippen molar-refractivity contribution < 1.29 is 8.78 Å². The van der Waals surface area contributed by atoms with E-state index in [1.165, 1.54) is 29.0 Å². The van der Waals surface area contributed by atoms with E-state index in [-0.39, 0.29) is 22.3 Å². The first-order valence-electron chi connectivity index (χ1n) is 6.59. The van der Waals surface area contributed by atoms with E-state index >= 15 is 0 Å². The summed E-state index contributed by atoms with van der Waals surface area (Å²) in [5, 5.41) is 6.56. The lowest BCUT2D eigenvalue weighted by molar-refractivity contribution is 0.153. The molecule has 0 saturated carbocycles. The molecule has 6 nitrogen and oxygen atoms in total. The first-order chi connectivity index (χ1) is 10.5. The Kier molecular flexibility index (Phi) is 3.45. The summed E-state index contributed by atoms with van der Waals surface area (Å²) in [6.45, 7) is 1.63. The Balaban J connectivity index is 2.45. The Morgan fingerprint density at radius 2 is 2.09 bits per heavy atom. The lowest BCUT2D eigenvalue weighted by Crippen LogP contribution is -2.28. The summed E-state index contributed by atoms with van der Waals surface area (Å²) in [7, 11) is 0. The molecule has 0 aliphatic rings. The van der Waals surface area contributed by atoms with Crippen molar-refractivity contribution in [1.29, 1.82) is 0 Å². The van der Waals surface area contributed by atoms with Gasteiger partial charge in [0.1, 0.15) is 11.6 Å². The van der Waals surface area contributed by atoms with Crippen LogP contribution in [-0.4, -0.2) is 19.7 Å². The highest BCUT2D eigenvalue weighted by Crippen LogP contribution is 2.26. The molecule has 3 aromatic rings. The van der Waals surface area contributed by atoms with Gasteiger partial charge in [-0.2, -0.15) is 5.10 Å². The third-order valence-electron chi connectivity index (χ3n) is 3.33. The molecule has 1 aromatic carbocycles. The molecular weight excluding hydrogens is 292 g/mol. The van der Waals surface area contributed by atoms with Gasteiger partial charge < -0.3 is 5.73 Å². The minimum Gasteiger partial charge on any atom is -0.322 e. The number of nitrogens with two attached hydrogens (primary N) is 1. The van der Waals surface area contributed by atoms with E-state index in [9.17, 15) is 13.6 Å². The number of hydrogen-bond acceptors (Lipinski definition) is 4. The van der Waals surface area contributed by atoms with Crippen LogP contribution in [0.2, 0.25) is 0 Å². The zero-order valence-electron chi connectivity index (χ0n) is 11.6. The summed E-state index contributed by atoms with van der Waals surface area (Å²) in [6, 6.07) is 5.10. The van der Waals surface area contributed by atoms with Crippen LogP contribution in [-0.2, 0) is 0 Å². The molecule has 0 aliphatic heterocycles. The van der Waals surface area contributed by atoms with Crippen LogP contribution in [0.5, 0.6) is 0 Å². The lowest BCUT2D eigenvalue weighted by Gasteiger charge is -2.15. The Labute approximate surface area is 123 Å². The van der Waals surface area contributed by atoms with Crippen molar-refractivity contribution in [3.05, 3.63) is 52.2 Å². The highest BCUT2D eigenvalue weighted by Gasteiger charge is 2.20. The average molecular weight is 305 g/mol. The molecule has 0 fully saturated rings. The van der Waals surface area contributed by atoms with E-state index in [0.29, 0.717) is 5.82 Å². The van der Waals surface area contributed by atoms with Gasteiger partial charge in [-0.1, -0.05) is 12.1 Å². The Bertz CT molecular complexity index is 871. The van der Waals surface area contributed by atoms with Crippen molar-refractivity contribution in [1.82, 2.24) is 19.7 Å². The molecule has 0 amide bonds. The molecule has 22 heavy (non-hydrogen) atoms. The van der Waals surface area contributed by atoms with Gasteiger partial charge in [0.25, 0.3) is 12.0 Å². The monoisotopic (exact) mass is 305 g/mol. The number of aromatic nitrogens is 4. The number of fused-ring (bicyclic) bond motifs is 1. The first-order valence-corrected chi connectivity index (χ1v) is 6.59. The molecule has 3 rings (SSSR count). The highest BCUT2D eigenvalue weighted by molar-refractivity contribution is 5.81. The van der Waals surface area contributed by atoms with E-state index in [2.05, 4.69) is 15.2 Å². The van der Waals surface area contributed by atoms with Crippen molar-refractivity contribution in [2.45, 2.75) is 19.4 Å². The molecule has 2 aromatic heterocycles. The molecule has 114 valence electrons. The molecule has 1 unspecified atom stereocenters. The number of benzene rings is 1. The molecule has 1 atom stereocenters. The van der Waals surface area contributed by atoms with E-state index in [0.717, 1.165) is 0 Å². The smallest absolute Gasteiger partial charge is 0.267 e. The number of nitrogens with one attached hydrogen (secondary N) is 1. The maximum atomic E-state index is 13.1. The van der Waals surface area contributed by atoms with Crippen LogP contribution in [0, 0.1) is 0 Å². The fraction of sp³-hybridized carbons (Fsp3) is 0.214. The van der Waals surface area contributed by atoms with Crippen LogP contribution in [0.1, 0.15) is 30.8 Å². The van der Waals surface area contributed by atoms with Crippen molar-refractivity contribution in [2.24, 2.45) is 5.73 Å². The van der Waals surface area contributed by atoms with Gasteiger partial charge in [-0.15, -0.1) is 0 Å². The Morgan fingerprint density at radius 1 is 1.32 bits per heavy atom. The van der Waals surface area contributed by atoms with Gasteiger partial charge in [-0.05, 0) is 13.0 Å². The van der Waals surface area contributed by atoms with Crippen LogP contribution in [0.3, 0.4) is 0 Å². The second kappa shape index (κ2) is 5.30. The zero-order chi connectivity index (χ0) is 15.9. The van der Waals surface area contributed by atoms with Gasteiger partial charge in [0, 0.05) is 11.6 Å². The maximum absolute atomic E-state index is 13.1. The normalized spacial score (nSPS) is 13.0. The number of rotatable bonds is 3.